The lowest BCUT2D eigenvalue weighted by atomic mass is 9.87. The summed E-state index contributed by atoms with van der Waals surface area (Å²) < 4.78 is 0. The topological polar surface area (TPSA) is 41.5 Å². The zero-order valence-corrected chi connectivity index (χ0v) is 14.5. The fraction of sp³-hybridized carbons (Fsp3) is 0.333. The van der Waals surface area contributed by atoms with E-state index < -0.39 is 0 Å². The van der Waals surface area contributed by atoms with Crippen LogP contribution in [0.3, 0.4) is 0 Å². The van der Waals surface area contributed by atoms with Gasteiger partial charge in [0.25, 0.3) is 5.91 Å². The van der Waals surface area contributed by atoms with Gasteiger partial charge in [-0.15, -0.1) is 11.3 Å². The van der Waals surface area contributed by atoms with Crippen LogP contribution in [-0.2, 0) is 5.41 Å². The van der Waals surface area contributed by atoms with E-state index in [2.05, 4.69) is 38.2 Å². The van der Waals surface area contributed by atoms with Crippen LogP contribution in [0.25, 0.3) is 0 Å². The average Bonchev–Trinajstić information content (AvgIpc) is 2.90. The quantitative estimate of drug-likeness (QED) is 0.657. The van der Waals surface area contributed by atoms with Crippen molar-refractivity contribution in [3.05, 3.63) is 57.3 Å². The van der Waals surface area contributed by atoms with Crippen LogP contribution in [0.15, 0.2) is 41.5 Å². The molecule has 0 unspecified atom stereocenters. The van der Waals surface area contributed by atoms with E-state index in [1.807, 2.05) is 43.3 Å². The van der Waals surface area contributed by atoms with E-state index in [0.717, 1.165) is 10.6 Å². The first-order valence-corrected chi connectivity index (χ1v) is 8.11. The number of hydrogen-bond donors (Lipinski definition) is 1. The Morgan fingerprint density at radius 1 is 1.09 bits per heavy atom. The lowest BCUT2D eigenvalue weighted by Crippen LogP contribution is -2.19. The predicted octanol–water partition coefficient (Wildman–Crippen LogP) is 4.51. The third-order valence-corrected chi connectivity index (χ3v) is 4.54. The molecule has 0 saturated carbocycles. The number of hydrazone groups is 1. The molecule has 0 aliphatic rings. The van der Waals surface area contributed by atoms with Gasteiger partial charge in [0.05, 0.1) is 10.6 Å². The summed E-state index contributed by atoms with van der Waals surface area (Å²) in [5.74, 6) is -0.187. The van der Waals surface area contributed by atoms with Crippen molar-refractivity contribution in [2.24, 2.45) is 5.10 Å². The van der Waals surface area contributed by atoms with E-state index >= 15 is 0 Å². The van der Waals surface area contributed by atoms with Crippen molar-refractivity contribution in [2.45, 2.75) is 40.0 Å². The van der Waals surface area contributed by atoms with Crippen molar-refractivity contribution in [2.75, 3.05) is 0 Å². The maximum Gasteiger partial charge on any atom is 0.271 e. The minimum Gasteiger partial charge on any atom is -0.267 e. The normalized spacial score (nSPS) is 12.3. The second-order valence-electron chi connectivity index (χ2n) is 6.38. The highest BCUT2D eigenvalue weighted by Gasteiger charge is 2.14. The summed E-state index contributed by atoms with van der Waals surface area (Å²) in [6.45, 7) is 10.4. The Balaban J connectivity index is 2.06. The number of amides is 1. The van der Waals surface area contributed by atoms with Gasteiger partial charge in [0.1, 0.15) is 0 Å². The highest BCUT2D eigenvalue weighted by Crippen LogP contribution is 2.22. The van der Waals surface area contributed by atoms with Crippen molar-refractivity contribution in [1.29, 1.82) is 0 Å². The molecule has 3 nitrogen and oxygen atoms in total. The van der Waals surface area contributed by atoms with Crippen molar-refractivity contribution < 1.29 is 4.79 Å². The number of aryl methyl sites for hydroxylation is 1. The molecule has 4 heteroatoms. The molecule has 1 heterocycles. The molecule has 0 radical (unpaired) electrons. The van der Waals surface area contributed by atoms with Gasteiger partial charge in [-0.2, -0.15) is 5.10 Å². The van der Waals surface area contributed by atoms with Crippen LogP contribution >= 0.6 is 11.3 Å². The van der Waals surface area contributed by atoms with Crippen molar-refractivity contribution in [3.8, 4) is 0 Å². The summed E-state index contributed by atoms with van der Waals surface area (Å²) >= 11 is 1.67. The molecular weight excluding hydrogens is 292 g/mol. The summed E-state index contributed by atoms with van der Waals surface area (Å²) in [7, 11) is 0. The van der Waals surface area contributed by atoms with E-state index in [1.165, 1.54) is 10.4 Å². The summed E-state index contributed by atoms with van der Waals surface area (Å²) in [6.07, 6.45) is 0. The summed E-state index contributed by atoms with van der Waals surface area (Å²) in [5.41, 5.74) is 5.35. The molecule has 0 spiro atoms. The van der Waals surface area contributed by atoms with Gasteiger partial charge < -0.3 is 0 Å². The first kappa shape index (κ1) is 16.4. The highest BCUT2D eigenvalue weighted by atomic mass is 32.1. The van der Waals surface area contributed by atoms with E-state index in [0.29, 0.717) is 5.56 Å². The molecule has 0 aliphatic carbocycles. The monoisotopic (exact) mass is 314 g/mol. The Labute approximate surface area is 136 Å². The predicted molar refractivity (Wildman–Crippen MR) is 93.9 cm³/mol. The molecule has 0 aliphatic heterocycles. The Kier molecular flexibility index (Phi) is 4.81. The number of benzene rings is 1. The SMILES string of the molecule is C/C(=N/NC(=O)c1ccc(C(C)(C)C)cc1)c1ccc(C)s1. The molecule has 22 heavy (non-hydrogen) atoms. The second kappa shape index (κ2) is 6.44. The molecule has 0 saturated heterocycles. The van der Waals surface area contributed by atoms with Crippen LogP contribution in [0.5, 0.6) is 0 Å². The van der Waals surface area contributed by atoms with Crippen LogP contribution in [0.2, 0.25) is 0 Å². The minimum atomic E-state index is -0.187. The van der Waals surface area contributed by atoms with Crippen molar-refractivity contribution in [1.82, 2.24) is 5.43 Å². The lowest BCUT2D eigenvalue weighted by molar-refractivity contribution is 0.0955. The number of rotatable bonds is 3. The van der Waals surface area contributed by atoms with Gasteiger partial charge in [0.15, 0.2) is 0 Å². The Morgan fingerprint density at radius 3 is 2.23 bits per heavy atom. The largest absolute Gasteiger partial charge is 0.271 e. The van der Waals surface area contributed by atoms with Crippen molar-refractivity contribution >= 4 is 23.0 Å². The zero-order valence-electron chi connectivity index (χ0n) is 13.7. The van der Waals surface area contributed by atoms with Crippen molar-refractivity contribution in [3.63, 3.8) is 0 Å². The van der Waals surface area contributed by atoms with E-state index in [9.17, 15) is 4.79 Å². The van der Waals surface area contributed by atoms with Crippen LogP contribution in [0.1, 0.15) is 53.4 Å². The van der Waals surface area contributed by atoms with Gasteiger partial charge in [-0.3, -0.25) is 4.79 Å². The fourth-order valence-corrected chi connectivity index (χ4v) is 2.82. The molecule has 1 aromatic heterocycles. The van der Waals surface area contributed by atoms with E-state index in [4.69, 9.17) is 0 Å². The molecular formula is C18H22N2OS. The number of carbonyl (C=O) groups excluding carboxylic acids is 1. The minimum absolute atomic E-state index is 0.0841. The molecule has 0 bridgehead atoms. The number of carbonyl (C=O) groups is 1. The second-order valence-corrected chi connectivity index (χ2v) is 7.66. The first-order valence-electron chi connectivity index (χ1n) is 7.29. The van der Waals surface area contributed by atoms with E-state index in [-0.39, 0.29) is 11.3 Å². The maximum atomic E-state index is 12.1. The molecule has 0 fully saturated rings. The maximum absolute atomic E-state index is 12.1. The smallest absolute Gasteiger partial charge is 0.267 e. The van der Waals surface area contributed by atoms with Gasteiger partial charge in [0, 0.05) is 10.4 Å². The summed E-state index contributed by atoms with van der Waals surface area (Å²) in [6, 6.07) is 11.7. The first-order chi connectivity index (χ1) is 10.3. The Bertz CT molecular complexity index is 691. The van der Waals surface area contributed by atoms with Gasteiger partial charge in [-0.25, -0.2) is 5.43 Å². The number of nitrogens with one attached hydrogen (secondary N) is 1. The Morgan fingerprint density at radius 2 is 1.73 bits per heavy atom. The van der Waals surface area contributed by atoms with E-state index in [1.54, 1.807) is 11.3 Å². The number of thiophene rings is 1. The molecule has 1 N–H and O–H groups in total. The fourth-order valence-electron chi connectivity index (χ4n) is 2.00. The standard InChI is InChI=1S/C18H22N2OS/c1-12-6-11-16(22-12)13(2)19-20-17(21)14-7-9-15(10-8-14)18(3,4)5/h6-11H,1-5H3,(H,20,21)/b19-13-. The summed E-state index contributed by atoms with van der Waals surface area (Å²) in [4.78, 5) is 14.4. The van der Waals surface area contributed by atoms with Gasteiger partial charge in [-0.1, -0.05) is 32.9 Å². The summed E-state index contributed by atoms with van der Waals surface area (Å²) in [5, 5.41) is 4.18. The van der Waals surface area contributed by atoms with Crippen LogP contribution in [-0.4, -0.2) is 11.6 Å². The lowest BCUT2D eigenvalue weighted by Gasteiger charge is -2.18. The van der Waals surface area contributed by atoms with Gasteiger partial charge in [-0.05, 0) is 49.1 Å². The molecule has 116 valence electrons. The Hall–Kier alpha value is -1.94. The molecule has 2 rings (SSSR count). The van der Waals surface area contributed by atoms with Crippen LogP contribution in [0, 0.1) is 6.92 Å². The van der Waals surface area contributed by atoms with Crippen LogP contribution < -0.4 is 5.43 Å². The molecule has 2 aromatic rings. The third-order valence-electron chi connectivity index (χ3n) is 3.44. The molecule has 1 aromatic carbocycles. The average molecular weight is 314 g/mol. The van der Waals surface area contributed by atoms with Gasteiger partial charge in [0.2, 0.25) is 0 Å². The number of nitrogens with zero attached hydrogens (tertiary/aromatic N) is 1. The highest BCUT2D eigenvalue weighted by molar-refractivity contribution is 7.14. The van der Waals surface area contributed by atoms with Crippen LogP contribution in [0.4, 0.5) is 0 Å². The number of hydrogen-bond acceptors (Lipinski definition) is 3. The molecule has 1 amide bonds. The zero-order chi connectivity index (χ0) is 16.3. The van der Waals surface area contributed by atoms with Gasteiger partial charge >= 0.3 is 0 Å². The third kappa shape index (κ3) is 4.04. The molecule has 0 atom stereocenters.